The lowest BCUT2D eigenvalue weighted by molar-refractivity contribution is -0.126. The molecule has 2 atom stereocenters. The third-order valence-electron chi connectivity index (χ3n) is 5.45. The van der Waals surface area contributed by atoms with Crippen molar-refractivity contribution in [3.8, 4) is 0 Å². The third-order valence-corrected chi connectivity index (χ3v) is 11.5. The molecule has 0 aromatic heterocycles. The molecule has 0 N–H and O–H groups in total. The maximum atomic E-state index is 13.8. The zero-order valence-electron chi connectivity index (χ0n) is 19.0. The Labute approximate surface area is 186 Å². The summed E-state index contributed by atoms with van der Waals surface area (Å²) in [6.45, 7) is 7.29. The lowest BCUT2D eigenvalue weighted by atomic mass is 9.76. The fraction of sp³-hybridized carbons (Fsp3) is 0.682. The maximum absolute atomic E-state index is 13.8. The van der Waals surface area contributed by atoms with Gasteiger partial charge in [0.2, 0.25) is 0 Å². The van der Waals surface area contributed by atoms with E-state index in [1.165, 1.54) is 0 Å². The van der Waals surface area contributed by atoms with Crippen molar-refractivity contribution >= 4 is 21.0 Å². The van der Waals surface area contributed by atoms with E-state index in [1.54, 1.807) is 27.7 Å². The van der Waals surface area contributed by atoms with Crippen molar-refractivity contribution in [2.75, 3.05) is 26.4 Å². The van der Waals surface area contributed by atoms with Crippen LogP contribution in [0, 0.1) is 5.92 Å². The van der Waals surface area contributed by atoms with Gasteiger partial charge < -0.3 is 18.1 Å². The molecule has 1 aromatic rings. The van der Waals surface area contributed by atoms with E-state index >= 15 is 0 Å². The Morgan fingerprint density at radius 2 is 1.32 bits per heavy atom. The van der Waals surface area contributed by atoms with E-state index in [2.05, 4.69) is 0 Å². The molecule has 1 aromatic carbocycles. The molecule has 1 aliphatic carbocycles. The SMILES string of the molecule is CCOP(=O)(OCC)C(C[C@@H]1CCC[C@@H](c2ccccc2)C1=O)P(=O)(OCC)OCC. The highest BCUT2D eigenvalue weighted by Crippen LogP contribution is 2.72. The standard InChI is InChI=1S/C22H36O7P2/c1-5-26-30(24,27-6-2)21(31(25,28-7-3)29-8-4)17-19-15-12-16-20(22(19)23)18-13-10-9-11-14-18/h9-11,13-14,19-21H,5-8,12,15-17H2,1-4H3/t19-,20-/m0/s1. The molecule has 2 rings (SSSR count). The molecule has 0 heterocycles. The van der Waals surface area contributed by atoms with Crippen LogP contribution in [0.15, 0.2) is 30.3 Å². The van der Waals surface area contributed by atoms with Crippen LogP contribution in [0.3, 0.4) is 0 Å². The molecular weight excluding hydrogens is 438 g/mol. The highest BCUT2D eigenvalue weighted by atomic mass is 31.2. The summed E-state index contributed by atoms with van der Waals surface area (Å²) in [6, 6.07) is 9.68. The van der Waals surface area contributed by atoms with E-state index in [0.717, 1.165) is 18.4 Å². The number of benzene rings is 1. The van der Waals surface area contributed by atoms with Crippen LogP contribution in [-0.2, 0) is 32.0 Å². The predicted octanol–water partition coefficient (Wildman–Crippen LogP) is 6.39. The van der Waals surface area contributed by atoms with Crippen molar-refractivity contribution in [2.45, 2.75) is 64.7 Å². The van der Waals surface area contributed by atoms with E-state index in [4.69, 9.17) is 18.1 Å². The van der Waals surface area contributed by atoms with Crippen molar-refractivity contribution in [3.05, 3.63) is 35.9 Å². The van der Waals surface area contributed by atoms with Gasteiger partial charge in [0, 0.05) is 11.8 Å². The topological polar surface area (TPSA) is 88.1 Å². The van der Waals surface area contributed by atoms with Crippen molar-refractivity contribution in [3.63, 3.8) is 0 Å². The van der Waals surface area contributed by atoms with Crippen LogP contribution in [0.5, 0.6) is 0 Å². The van der Waals surface area contributed by atoms with Crippen LogP contribution in [0.1, 0.15) is 64.9 Å². The number of rotatable bonds is 13. The summed E-state index contributed by atoms with van der Waals surface area (Å²) in [4.78, 5) is 13.4. The fourth-order valence-electron chi connectivity index (χ4n) is 4.21. The molecule has 1 aliphatic rings. The summed E-state index contributed by atoms with van der Waals surface area (Å²) in [6.07, 6.45) is 2.34. The molecule has 176 valence electrons. The monoisotopic (exact) mass is 474 g/mol. The number of hydrogen-bond donors (Lipinski definition) is 0. The van der Waals surface area contributed by atoms with Crippen molar-refractivity contribution in [2.24, 2.45) is 5.92 Å². The molecule has 0 saturated heterocycles. The number of carbonyl (C=O) groups is 1. The van der Waals surface area contributed by atoms with Gasteiger partial charge in [-0.1, -0.05) is 36.8 Å². The minimum atomic E-state index is -3.86. The molecule has 1 saturated carbocycles. The van der Waals surface area contributed by atoms with Crippen LogP contribution < -0.4 is 0 Å². The smallest absolute Gasteiger partial charge is 0.308 e. The van der Waals surface area contributed by atoms with Crippen LogP contribution in [0.4, 0.5) is 0 Å². The van der Waals surface area contributed by atoms with Gasteiger partial charge in [0.25, 0.3) is 0 Å². The van der Waals surface area contributed by atoms with Gasteiger partial charge in [-0.3, -0.25) is 13.9 Å². The van der Waals surface area contributed by atoms with Crippen LogP contribution in [0.2, 0.25) is 0 Å². The Kier molecular flexibility index (Phi) is 10.6. The summed E-state index contributed by atoms with van der Waals surface area (Å²) in [5.74, 6) is -0.577. The number of carbonyl (C=O) groups excluding carboxylic acids is 1. The van der Waals surface area contributed by atoms with Crippen LogP contribution >= 0.6 is 15.2 Å². The quantitative estimate of drug-likeness (QED) is 0.306. The average Bonchev–Trinajstić information content (AvgIpc) is 2.74. The van der Waals surface area contributed by atoms with Crippen LogP contribution in [-0.4, -0.2) is 37.6 Å². The lowest BCUT2D eigenvalue weighted by Crippen LogP contribution is -2.31. The lowest BCUT2D eigenvalue weighted by Gasteiger charge is -2.35. The Morgan fingerprint density at radius 3 is 1.77 bits per heavy atom. The third kappa shape index (κ3) is 6.60. The Bertz CT molecular complexity index is 733. The largest absolute Gasteiger partial charge is 0.345 e. The Morgan fingerprint density at radius 1 is 0.839 bits per heavy atom. The summed E-state index contributed by atoms with van der Waals surface area (Å²) in [5.41, 5.74) is 0.976. The van der Waals surface area contributed by atoms with E-state index < -0.39 is 26.5 Å². The van der Waals surface area contributed by atoms with E-state index in [0.29, 0.717) is 6.42 Å². The second-order valence-electron chi connectivity index (χ2n) is 7.46. The second kappa shape index (κ2) is 12.4. The van der Waals surface area contributed by atoms with Crippen LogP contribution in [0.25, 0.3) is 0 Å². The number of Topliss-reactive ketones (excluding diaryl/α,β-unsaturated/α-hetero) is 1. The Balaban J connectivity index is 2.40. The molecule has 7 nitrogen and oxygen atoms in total. The van der Waals surface area contributed by atoms with Gasteiger partial charge in [-0.05, 0) is 52.5 Å². The first-order chi connectivity index (χ1) is 14.8. The molecule has 9 heteroatoms. The molecule has 0 bridgehead atoms. The molecule has 0 radical (unpaired) electrons. The highest BCUT2D eigenvalue weighted by Gasteiger charge is 2.52. The minimum absolute atomic E-state index is 0.0709. The molecule has 0 aliphatic heterocycles. The van der Waals surface area contributed by atoms with Gasteiger partial charge in [-0.25, -0.2) is 0 Å². The van der Waals surface area contributed by atoms with Gasteiger partial charge in [-0.15, -0.1) is 0 Å². The van der Waals surface area contributed by atoms with Gasteiger partial charge in [0.1, 0.15) is 5.78 Å². The molecule has 1 fully saturated rings. The molecule has 0 amide bonds. The molecule has 31 heavy (non-hydrogen) atoms. The number of ketones is 1. The van der Waals surface area contributed by atoms with Crippen molar-refractivity contribution in [1.29, 1.82) is 0 Å². The van der Waals surface area contributed by atoms with E-state index in [9.17, 15) is 13.9 Å². The first-order valence-corrected chi connectivity index (χ1v) is 14.4. The summed E-state index contributed by atoms with van der Waals surface area (Å²) < 4.78 is 49.7. The minimum Gasteiger partial charge on any atom is -0.308 e. The van der Waals surface area contributed by atoms with E-state index in [1.807, 2.05) is 30.3 Å². The van der Waals surface area contributed by atoms with Gasteiger partial charge >= 0.3 is 15.2 Å². The van der Waals surface area contributed by atoms with Crippen molar-refractivity contribution in [1.82, 2.24) is 0 Å². The second-order valence-corrected chi connectivity index (χ2v) is 12.3. The molecule has 0 spiro atoms. The zero-order chi connectivity index (χ0) is 22.9. The summed E-state index contributed by atoms with van der Waals surface area (Å²) in [5, 5.41) is -1.15. The number of hydrogen-bond acceptors (Lipinski definition) is 7. The predicted molar refractivity (Wildman–Crippen MR) is 122 cm³/mol. The summed E-state index contributed by atoms with van der Waals surface area (Å²) in [7, 11) is -7.72. The molecule has 0 unspecified atom stereocenters. The molecular formula is C22H36O7P2. The first-order valence-electron chi connectivity index (χ1n) is 11.2. The first kappa shape index (κ1) is 26.4. The highest BCUT2D eigenvalue weighted by molar-refractivity contribution is 7.72. The van der Waals surface area contributed by atoms with Gasteiger partial charge in [0.15, 0.2) is 5.40 Å². The van der Waals surface area contributed by atoms with Crippen molar-refractivity contribution < 1.29 is 32.0 Å². The van der Waals surface area contributed by atoms with Gasteiger partial charge in [0.05, 0.1) is 26.4 Å². The summed E-state index contributed by atoms with van der Waals surface area (Å²) >= 11 is 0. The Hall–Kier alpha value is -0.810. The maximum Gasteiger partial charge on any atom is 0.345 e. The fourth-order valence-corrected chi connectivity index (χ4v) is 9.70. The average molecular weight is 474 g/mol. The normalized spacial score (nSPS) is 20.4. The van der Waals surface area contributed by atoms with E-state index in [-0.39, 0.29) is 44.5 Å². The van der Waals surface area contributed by atoms with Gasteiger partial charge in [-0.2, -0.15) is 0 Å². The zero-order valence-corrected chi connectivity index (χ0v) is 20.8.